The third kappa shape index (κ3) is 3.11. The maximum atomic E-state index is 13.5. The maximum absolute atomic E-state index is 13.5. The van der Waals surface area contributed by atoms with Gasteiger partial charge in [-0.15, -0.1) is 0 Å². The fourth-order valence-corrected chi connectivity index (χ4v) is 1.91. The number of nitrogens with two attached hydrogens (primary N) is 1. The van der Waals surface area contributed by atoms with Crippen LogP contribution in [0.1, 0.15) is 17.3 Å². The predicted molar refractivity (Wildman–Crippen MR) is 69.0 cm³/mol. The topological polar surface area (TPSA) is 38.9 Å². The summed E-state index contributed by atoms with van der Waals surface area (Å²) < 4.78 is 14.5. The molecule has 0 radical (unpaired) electrons. The molecule has 0 bridgehead atoms. The quantitative estimate of drug-likeness (QED) is 0.944. The molecule has 1 heterocycles. The first-order valence-corrected chi connectivity index (χ1v) is 6.06. The van der Waals surface area contributed by atoms with Gasteiger partial charge in [-0.2, -0.15) is 0 Å². The summed E-state index contributed by atoms with van der Waals surface area (Å²) in [6.45, 7) is 0. The third-order valence-corrected chi connectivity index (χ3v) is 3.04. The van der Waals surface area contributed by atoms with Crippen LogP contribution in [0.3, 0.4) is 0 Å². The van der Waals surface area contributed by atoms with Gasteiger partial charge >= 0.3 is 0 Å². The molecule has 2 N–H and O–H groups in total. The van der Waals surface area contributed by atoms with E-state index in [0.29, 0.717) is 12.1 Å². The molecular weight excluding hydrogens is 283 g/mol. The molecule has 0 aliphatic rings. The van der Waals surface area contributed by atoms with Crippen molar-refractivity contribution in [2.45, 2.75) is 12.5 Å². The number of halogens is 2. The van der Waals surface area contributed by atoms with Crippen molar-refractivity contribution >= 4 is 15.9 Å². The second-order valence-electron chi connectivity index (χ2n) is 3.81. The number of pyridine rings is 1. The van der Waals surface area contributed by atoms with Crippen LogP contribution in [-0.2, 0) is 6.42 Å². The van der Waals surface area contributed by atoms with Crippen LogP contribution in [0, 0.1) is 5.82 Å². The summed E-state index contributed by atoms with van der Waals surface area (Å²) in [5.74, 6) is -0.350. The van der Waals surface area contributed by atoms with Crippen LogP contribution in [0.2, 0.25) is 0 Å². The van der Waals surface area contributed by atoms with E-state index >= 15 is 0 Å². The van der Waals surface area contributed by atoms with Crippen molar-refractivity contribution in [1.82, 2.24) is 4.98 Å². The summed E-state index contributed by atoms with van der Waals surface area (Å²) in [6.07, 6.45) is 2.13. The molecule has 2 rings (SSSR count). The SMILES string of the molecule is NC(Cc1ccc(Br)cc1)c1ncccc1F. The van der Waals surface area contributed by atoms with Crippen LogP contribution in [0.5, 0.6) is 0 Å². The van der Waals surface area contributed by atoms with Gasteiger partial charge in [0.05, 0.1) is 11.7 Å². The maximum Gasteiger partial charge on any atom is 0.146 e. The second kappa shape index (κ2) is 5.38. The van der Waals surface area contributed by atoms with Crippen molar-refractivity contribution in [2.24, 2.45) is 5.73 Å². The molecule has 1 aromatic heterocycles. The van der Waals surface area contributed by atoms with Gasteiger partial charge in [0.25, 0.3) is 0 Å². The zero-order chi connectivity index (χ0) is 12.3. The van der Waals surface area contributed by atoms with E-state index in [-0.39, 0.29) is 5.82 Å². The fraction of sp³-hybridized carbons (Fsp3) is 0.154. The molecule has 0 aliphatic heterocycles. The predicted octanol–water partition coefficient (Wildman–Crippen LogP) is 3.23. The second-order valence-corrected chi connectivity index (χ2v) is 4.72. The highest BCUT2D eigenvalue weighted by molar-refractivity contribution is 9.10. The number of hydrogen-bond acceptors (Lipinski definition) is 2. The summed E-state index contributed by atoms with van der Waals surface area (Å²) in [5, 5.41) is 0. The van der Waals surface area contributed by atoms with E-state index in [9.17, 15) is 4.39 Å². The van der Waals surface area contributed by atoms with E-state index in [2.05, 4.69) is 20.9 Å². The van der Waals surface area contributed by atoms with Crippen molar-refractivity contribution in [3.05, 3.63) is 64.1 Å². The van der Waals surface area contributed by atoms with Crippen LogP contribution >= 0.6 is 15.9 Å². The third-order valence-electron chi connectivity index (χ3n) is 2.51. The van der Waals surface area contributed by atoms with E-state index < -0.39 is 6.04 Å². The van der Waals surface area contributed by atoms with Gasteiger partial charge in [0.15, 0.2) is 0 Å². The molecule has 17 heavy (non-hydrogen) atoms. The van der Waals surface area contributed by atoms with Crippen LogP contribution in [0.4, 0.5) is 4.39 Å². The molecule has 1 atom stereocenters. The lowest BCUT2D eigenvalue weighted by atomic mass is 10.0. The van der Waals surface area contributed by atoms with Gasteiger partial charge in [0.2, 0.25) is 0 Å². The molecule has 0 spiro atoms. The Hall–Kier alpha value is -1.26. The normalized spacial score (nSPS) is 12.4. The van der Waals surface area contributed by atoms with E-state index in [1.54, 1.807) is 12.3 Å². The molecule has 88 valence electrons. The first kappa shape index (κ1) is 12.2. The lowest BCUT2D eigenvalue weighted by Gasteiger charge is -2.11. The molecule has 2 nitrogen and oxygen atoms in total. The summed E-state index contributed by atoms with van der Waals surface area (Å²) in [4.78, 5) is 3.98. The summed E-state index contributed by atoms with van der Waals surface area (Å²) >= 11 is 3.36. The summed E-state index contributed by atoms with van der Waals surface area (Å²) in [6, 6.07) is 10.3. The largest absolute Gasteiger partial charge is 0.322 e. The molecule has 0 aliphatic carbocycles. The van der Waals surface area contributed by atoms with E-state index in [1.165, 1.54) is 6.07 Å². The molecule has 1 unspecified atom stereocenters. The molecule has 0 amide bonds. The van der Waals surface area contributed by atoms with Gasteiger partial charge in [0, 0.05) is 10.7 Å². The number of aromatic nitrogens is 1. The van der Waals surface area contributed by atoms with Gasteiger partial charge in [-0.05, 0) is 36.2 Å². The summed E-state index contributed by atoms with van der Waals surface area (Å²) in [5.41, 5.74) is 7.33. The van der Waals surface area contributed by atoms with Gasteiger partial charge in [0.1, 0.15) is 5.82 Å². The Bertz CT molecular complexity index is 499. The molecular formula is C13H12BrFN2. The van der Waals surface area contributed by atoms with Gasteiger partial charge in [-0.1, -0.05) is 28.1 Å². The Balaban J connectivity index is 2.14. The highest BCUT2D eigenvalue weighted by atomic mass is 79.9. The van der Waals surface area contributed by atoms with Crippen molar-refractivity contribution < 1.29 is 4.39 Å². The number of hydrogen-bond donors (Lipinski definition) is 1. The molecule has 0 saturated heterocycles. The first-order chi connectivity index (χ1) is 8.16. The average Bonchev–Trinajstić information content (AvgIpc) is 2.32. The highest BCUT2D eigenvalue weighted by Gasteiger charge is 2.12. The Kier molecular flexibility index (Phi) is 3.86. The van der Waals surface area contributed by atoms with Crippen molar-refractivity contribution in [1.29, 1.82) is 0 Å². The number of nitrogens with zero attached hydrogens (tertiary/aromatic N) is 1. The van der Waals surface area contributed by atoms with E-state index in [1.807, 2.05) is 24.3 Å². The number of rotatable bonds is 3. The monoisotopic (exact) mass is 294 g/mol. The highest BCUT2D eigenvalue weighted by Crippen LogP contribution is 2.18. The summed E-state index contributed by atoms with van der Waals surface area (Å²) in [7, 11) is 0. The standard InChI is InChI=1S/C13H12BrFN2/c14-10-5-3-9(4-6-10)8-12(16)13-11(15)2-1-7-17-13/h1-7,12H,8,16H2. The first-order valence-electron chi connectivity index (χ1n) is 5.27. The molecule has 2 aromatic rings. The minimum Gasteiger partial charge on any atom is -0.322 e. The molecule has 0 saturated carbocycles. The lowest BCUT2D eigenvalue weighted by Crippen LogP contribution is -2.16. The van der Waals surface area contributed by atoms with Crippen LogP contribution in [0.15, 0.2) is 47.1 Å². The number of benzene rings is 1. The van der Waals surface area contributed by atoms with Crippen molar-refractivity contribution in [3.63, 3.8) is 0 Å². The van der Waals surface area contributed by atoms with Crippen molar-refractivity contribution in [2.75, 3.05) is 0 Å². The van der Waals surface area contributed by atoms with Gasteiger partial charge < -0.3 is 5.73 Å². The molecule has 0 fully saturated rings. The van der Waals surface area contributed by atoms with Gasteiger partial charge in [-0.3, -0.25) is 4.98 Å². The van der Waals surface area contributed by atoms with Gasteiger partial charge in [-0.25, -0.2) is 4.39 Å². The Morgan fingerprint density at radius 1 is 1.24 bits per heavy atom. The van der Waals surface area contributed by atoms with Crippen LogP contribution in [-0.4, -0.2) is 4.98 Å². The lowest BCUT2D eigenvalue weighted by molar-refractivity contribution is 0.564. The van der Waals surface area contributed by atoms with E-state index in [4.69, 9.17) is 5.73 Å². The minimum absolute atomic E-state index is 0.315. The zero-order valence-corrected chi connectivity index (χ0v) is 10.7. The van der Waals surface area contributed by atoms with Crippen LogP contribution in [0.25, 0.3) is 0 Å². The smallest absolute Gasteiger partial charge is 0.146 e. The minimum atomic E-state index is -0.419. The zero-order valence-electron chi connectivity index (χ0n) is 9.11. The Labute approximate surface area is 108 Å². The average molecular weight is 295 g/mol. The van der Waals surface area contributed by atoms with Crippen LogP contribution < -0.4 is 5.73 Å². The van der Waals surface area contributed by atoms with E-state index in [0.717, 1.165) is 10.0 Å². The van der Waals surface area contributed by atoms with Crippen molar-refractivity contribution in [3.8, 4) is 0 Å². The fourth-order valence-electron chi connectivity index (χ4n) is 1.64. The molecule has 4 heteroatoms. The Morgan fingerprint density at radius 3 is 2.59 bits per heavy atom. The Morgan fingerprint density at radius 2 is 1.94 bits per heavy atom. The molecule has 1 aromatic carbocycles.